The van der Waals surface area contributed by atoms with Gasteiger partial charge in [-0.15, -0.1) is 0 Å². The van der Waals surface area contributed by atoms with E-state index in [9.17, 15) is 21.6 Å². The van der Waals surface area contributed by atoms with Gasteiger partial charge in [-0.3, -0.25) is 9.69 Å². The van der Waals surface area contributed by atoms with Crippen LogP contribution in [0.25, 0.3) is 0 Å². The summed E-state index contributed by atoms with van der Waals surface area (Å²) in [5.41, 5.74) is 0.995. The molecule has 1 atom stereocenters. The second kappa shape index (κ2) is 9.41. The van der Waals surface area contributed by atoms with Gasteiger partial charge in [-0.25, -0.2) is 25.9 Å². The van der Waals surface area contributed by atoms with Crippen molar-refractivity contribution in [1.82, 2.24) is 9.62 Å². The Morgan fingerprint density at radius 3 is 2.39 bits per heavy atom. The summed E-state index contributed by atoms with van der Waals surface area (Å²) >= 11 is 0. The number of anilines is 1. The smallest absolute Gasteiger partial charge is 0.244 e. The van der Waals surface area contributed by atoms with Crippen LogP contribution in [-0.4, -0.2) is 60.1 Å². The molecule has 1 N–H and O–H groups in total. The first kappa shape index (κ1) is 23.7. The zero-order valence-electron chi connectivity index (χ0n) is 18.3. The second-order valence-electron chi connectivity index (χ2n) is 8.08. The van der Waals surface area contributed by atoms with Gasteiger partial charge in [0.15, 0.2) is 0 Å². The average molecular weight is 494 g/mol. The maximum Gasteiger partial charge on any atom is 0.244 e. The Bertz CT molecular complexity index is 1230. The number of carbonyl (C=O) groups excluding carboxylic acids is 1. The van der Waals surface area contributed by atoms with Crippen molar-refractivity contribution in [2.45, 2.75) is 30.2 Å². The summed E-state index contributed by atoms with van der Waals surface area (Å²) in [5, 5.41) is 0. The summed E-state index contributed by atoms with van der Waals surface area (Å²) in [6, 6.07) is 13.5. The highest BCUT2D eigenvalue weighted by atomic mass is 32.2. The lowest BCUT2D eigenvalue weighted by atomic mass is 10.1. The van der Waals surface area contributed by atoms with Gasteiger partial charge in [0.2, 0.25) is 26.0 Å². The number of methoxy groups -OCH3 is 1. The molecular formula is C22H27N3O6S2. The lowest BCUT2D eigenvalue weighted by Crippen LogP contribution is -2.37. The molecule has 0 saturated carbocycles. The van der Waals surface area contributed by atoms with Crippen molar-refractivity contribution in [3.63, 3.8) is 0 Å². The Kier molecular flexibility index (Phi) is 6.76. The first-order valence-corrected chi connectivity index (χ1v) is 13.8. The van der Waals surface area contributed by atoms with E-state index in [1.807, 2.05) is 30.3 Å². The lowest BCUT2D eigenvalue weighted by molar-refractivity contribution is -0.116. The van der Waals surface area contributed by atoms with Crippen LogP contribution in [0.1, 0.15) is 30.9 Å². The molecule has 2 fully saturated rings. The fourth-order valence-corrected chi connectivity index (χ4v) is 7.00. The van der Waals surface area contributed by atoms with Gasteiger partial charge in [-0.2, -0.15) is 0 Å². The third kappa shape index (κ3) is 4.91. The van der Waals surface area contributed by atoms with E-state index >= 15 is 0 Å². The lowest BCUT2D eigenvalue weighted by Gasteiger charge is -2.28. The van der Waals surface area contributed by atoms with Gasteiger partial charge in [0.1, 0.15) is 10.6 Å². The third-order valence-electron chi connectivity index (χ3n) is 5.98. The molecular weight excluding hydrogens is 466 g/mol. The molecule has 2 aliphatic heterocycles. The van der Waals surface area contributed by atoms with Crippen LogP contribution >= 0.6 is 0 Å². The molecule has 2 aromatic rings. The molecule has 9 nitrogen and oxygen atoms in total. The van der Waals surface area contributed by atoms with Gasteiger partial charge in [0, 0.05) is 19.0 Å². The fourth-order valence-electron chi connectivity index (χ4n) is 4.32. The molecule has 0 aliphatic carbocycles. The van der Waals surface area contributed by atoms with E-state index in [1.165, 1.54) is 25.3 Å². The standard InChI is InChI=1S/C22H27N3O6S2/c1-31-20-10-9-18(25-22(26)11-14-32(25,27)28)15-21(20)33(29,30)23-16-19(24-12-5-6-13-24)17-7-3-2-4-8-17/h2-4,7-10,15,19,23H,5-6,11-14,16H2,1H3. The average Bonchev–Trinajstić information content (AvgIpc) is 3.42. The minimum Gasteiger partial charge on any atom is -0.495 e. The predicted octanol–water partition coefficient (Wildman–Crippen LogP) is 1.88. The molecule has 2 aromatic carbocycles. The van der Waals surface area contributed by atoms with Crippen LogP contribution in [0.2, 0.25) is 0 Å². The second-order valence-corrected chi connectivity index (χ2v) is 11.8. The van der Waals surface area contributed by atoms with Crippen molar-refractivity contribution in [2.24, 2.45) is 0 Å². The molecule has 0 radical (unpaired) electrons. The quantitative estimate of drug-likeness (QED) is 0.597. The molecule has 1 unspecified atom stereocenters. The van der Waals surface area contributed by atoms with E-state index < -0.39 is 26.0 Å². The van der Waals surface area contributed by atoms with E-state index in [0.29, 0.717) is 4.31 Å². The van der Waals surface area contributed by atoms with Crippen molar-refractivity contribution in [2.75, 3.05) is 36.8 Å². The van der Waals surface area contributed by atoms with Gasteiger partial charge in [0.05, 0.1) is 18.6 Å². The van der Waals surface area contributed by atoms with Crippen molar-refractivity contribution >= 4 is 31.6 Å². The van der Waals surface area contributed by atoms with Crippen LogP contribution in [0, 0.1) is 0 Å². The molecule has 2 aliphatic rings. The van der Waals surface area contributed by atoms with Crippen molar-refractivity contribution in [3.05, 3.63) is 54.1 Å². The maximum atomic E-state index is 13.3. The Morgan fingerprint density at radius 1 is 1.09 bits per heavy atom. The van der Waals surface area contributed by atoms with Crippen LogP contribution in [-0.2, 0) is 24.8 Å². The normalized spacial score (nSPS) is 19.7. The maximum absolute atomic E-state index is 13.3. The summed E-state index contributed by atoms with van der Waals surface area (Å²) in [6.07, 6.45) is 1.98. The molecule has 2 saturated heterocycles. The van der Waals surface area contributed by atoms with Crippen LogP contribution in [0.5, 0.6) is 5.75 Å². The van der Waals surface area contributed by atoms with Crippen LogP contribution in [0.15, 0.2) is 53.4 Å². The van der Waals surface area contributed by atoms with Crippen LogP contribution in [0.4, 0.5) is 5.69 Å². The Hall–Kier alpha value is -2.47. The number of hydrogen-bond donors (Lipinski definition) is 1. The molecule has 11 heteroatoms. The van der Waals surface area contributed by atoms with Crippen molar-refractivity contribution < 1.29 is 26.4 Å². The Labute approximate surface area is 194 Å². The van der Waals surface area contributed by atoms with E-state index in [1.54, 1.807) is 0 Å². The zero-order valence-corrected chi connectivity index (χ0v) is 19.9. The van der Waals surface area contributed by atoms with Gasteiger partial charge >= 0.3 is 0 Å². The molecule has 0 spiro atoms. The number of nitrogens with one attached hydrogen (secondary N) is 1. The van der Waals surface area contributed by atoms with E-state index in [0.717, 1.165) is 31.5 Å². The zero-order chi connectivity index (χ0) is 23.6. The highest BCUT2D eigenvalue weighted by molar-refractivity contribution is 7.94. The Morgan fingerprint density at radius 2 is 1.79 bits per heavy atom. The minimum atomic E-state index is -4.08. The number of likely N-dealkylation sites (tertiary alicyclic amines) is 1. The van der Waals surface area contributed by atoms with Gasteiger partial charge in [-0.1, -0.05) is 30.3 Å². The number of carbonyl (C=O) groups is 1. The first-order chi connectivity index (χ1) is 15.7. The summed E-state index contributed by atoms with van der Waals surface area (Å²) in [4.78, 5) is 14.2. The predicted molar refractivity (Wildman–Crippen MR) is 124 cm³/mol. The third-order valence-corrected chi connectivity index (χ3v) is 9.12. The highest BCUT2D eigenvalue weighted by Gasteiger charge is 2.37. The molecule has 0 bridgehead atoms. The number of nitrogens with zero attached hydrogens (tertiary/aromatic N) is 2. The minimum absolute atomic E-state index is 0.0159. The molecule has 178 valence electrons. The summed E-state index contributed by atoms with van der Waals surface area (Å²) in [7, 11) is -6.56. The van der Waals surface area contributed by atoms with Crippen molar-refractivity contribution in [1.29, 1.82) is 0 Å². The van der Waals surface area contributed by atoms with Gasteiger partial charge in [0.25, 0.3) is 0 Å². The summed E-state index contributed by atoms with van der Waals surface area (Å²) < 4.78 is 59.8. The fraction of sp³-hybridized carbons (Fsp3) is 0.409. The molecule has 0 aromatic heterocycles. The number of ether oxygens (including phenoxy) is 1. The topological polar surface area (TPSA) is 113 Å². The SMILES string of the molecule is COc1ccc(N2C(=O)CCS2(=O)=O)cc1S(=O)(=O)NCC(c1ccccc1)N1CCCC1. The van der Waals surface area contributed by atoms with E-state index in [2.05, 4.69) is 9.62 Å². The summed E-state index contributed by atoms with van der Waals surface area (Å²) in [5.74, 6) is -0.824. The number of sulfonamides is 2. The molecule has 33 heavy (non-hydrogen) atoms. The number of hydrogen-bond acceptors (Lipinski definition) is 7. The van der Waals surface area contributed by atoms with Crippen LogP contribution in [0.3, 0.4) is 0 Å². The van der Waals surface area contributed by atoms with E-state index in [4.69, 9.17) is 4.74 Å². The number of rotatable bonds is 8. The molecule has 1 amide bonds. The van der Waals surface area contributed by atoms with Gasteiger partial charge in [-0.05, 0) is 49.7 Å². The summed E-state index contributed by atoms with van der Waals surface area (Å²) in [6.45, 7) is 1.91. The largest absolute Gasteiger partial charge is 0.495 e. The van der Waals surface area contributed by atoms with Crippen molar-refractivity contribution in [3.8, 4) is 5.75 Å². The number of amides is 1. The Balaban J connectivity index is 1.64. The number of benzene rings is 2. The van der Waals surface area contributed by atoms with Gasteiger partial charge < -0.3 is 4.74 Å². The van der Waals surface area contributed by atoms with Crippen LogP contribution < -0.4 is 13.8 Å². The van der Waals surface area contributed by atoms with E-state index in [-0.39, 0.29) is 41.1 Å². The molecule has 2 heterocycles. The first-order valence-electron chi connectivity index (χ1n) is 10.8. The monoisotopic (exact) mass is 493 g/mol. The highest BCUT2D eigenvalue weighted by Crippen LogP contribution is 2.33. The molecule has 4 rings (SSSR count).